The zero-order valence-electron chi connectivity index (χ0n) is 17.8. The van der Waals surface area contributed by atoms with Gasteiger partial charge in [-0.1, -0.05) is 80.4 Å². The molecule has 0 saturated carbocycles. The van der Waals surface area contributed by atoms with Gasteiger partial charge in [0.15, 0.2) is 0 Å². The highest BCUT2D eigenvalue weighted by molar-refractivity contribution is 5.41. The number of hydrogen-bond acceptors (Lipinski definition) is 0. The Labute approximate surface area is 170 Å². The van der Waals surface area contributed by atoms with E-state index in [9.17, 15) is 4.39 Å². The molecule has 0 aliphatic heterocycles. The summed E-state index contributed by atoms with van der Waals surface area (Å²) >= 11 is 0. The number of halogens is 1. The van der Waals surface area contributed by atoms with Gasteiger partial charge in [-0.05, 0) is 67.0 Å². The molecule has 0 fully saturated rings. The molecule has 3 rings (SSSR count). The van der Waals surface area contributed by atoms with E-state index in [0.29, 0.717) is 12.3 Å². The van der Waals surface area contributed by atoms with E-state index in [2.05, 4.69) is 69.3 Å². The predicted octanol–water partition coefficient (Wildman–Crippen LogP) is 7.45. The Morgan fingerprint density at radius 2 is 1.61 bits per heavy atom. The van der Waals surface area contributed by atoms with Crippen molar-refractivity contribution in [2.24, 2.45) is 0 Å². The first-order chi connectivity index (χ1) is 13.4. The molecule has 0 N–H and O–H groups in total. The Morgan fingerprint density at radius 3 is 2.21 bits per heavy atom. The maximum absolute atomic E-state index is 14.1. The molecule has 2 aromatic rings. The quantitative estimate of drug-likeness (QED) is 0.471. The van der Waals surface area contributed by atoms with Crippen molar-refractivity contribution in [1.29, 1.82) is 0 Å². The second-order valence-electron chi connectivity index (χ2n) is 8.56. The Kier molecular flexibility index (Phi) is 6.54. The molecule has 2 aromatic carbocycles. The minimum Gasteiger partial charge on any atom is -0.239 e. The van der Waals surface area contributed by atoms with Gasteiger partial charge in [0, 0.05) is 12.3 Å². The summed E-state index contributed by atoms with van der Waals surface area (Å²) in [7, 11) is 0. The summed E-state index contributed by atoms with van der Waals surface area (Å²) in [5.41, 5.74) is 6.90. The van der Waals surface area contributed by atoms with Crippen LogP contribution in [0, 0.1) is 6.92 Å². The summed E-state index contributed by atoms with van der Waals surface area (Å²) in [5.74, 6) is 0.294. The molecule has 148 valence electrons. The van der Waals surface area contributed by atoms with Crippen LogP contribution in [0.2, 0.25) is 0 Å². The smallest absolute Gasteiger partial charge is 0.130 e. The van der Waals surface area contributed by atoms with E-state index < -0.39 is 5.67 Å². The number of benzene rings is 2. The first-order valence-electron chi connectivity index (χ1n) is 10.6. The minimum absolute atomic E-state index is 0.294. The molecule has 0 amide bonds. The van der Waals surface area contributed by atoms with E-state index in [1.54, 1.807) is 13.0 Å². The van der Waals surface area contributed by atoms with Gasteiger partial charge in [-0.25, -0.2) is 4.39 Å². The van der Waals surface area contributed by atoms with Gasteiger partial charge in [0.05, 0.1) is 0 Å². The second-order valence-corrected chi connectivity index (χ2v) is 8.56. The maximum atomic E-state index is 14.1. The van der Waals surface area contributed by atoms with Gasteiger partial charge in [-0.3, -0.25) is 0 Å². The molecule has 0 aromatic heterocycles. The Hall–Kier alpha value is -2.15. The Balaban J connectivity index is 1.80. The van der Waals surface area contributed by atoms with E-state index >= 15 is 0 Å². The molecular weight excluding hydrogens is 343 g/mol. The topological polar surface area (TPSA) is 0 Å². The van der Waals surface area contributed by atoms with Crippen LogP contribution in [0.3, 0.4) is 0 Å². The molecule has 1 aliphatic rings. The molecule has 0 radical (unpaired) electrons. The van der Waals surface area contributed by atoms with Crippen molar-refractivity contribution >= 4 is 0 Å². The van der Waals surface area contributed by atoms with E-state index in [0.717, 1.165) is 25.7 Å². The molecule has 2 unspecified atom stereocenters. The van der Waals surface area contributed by atoms with Crippen molar-refractivity contribution in [3.63, 3.8) is 0 Å². The van der Waals surface area contributed by atoms with Gasteiger partial charge in [-0.15, -0.1) is 0 Å². The number of alkyl halides is 1. The van der Waals surface area contributed by atoms with Crippen LogP contribution in [0.25, 0.3) is 0 Å². The van der Waals surface area contributed by atoms with Crippen molar-refractivity contribution in [3.05, 3.63) is 94.1 Å². The fraction of sp³-hybridized carbons (Fsp3) is 0.407. The van der Waals surface area contributed by atoms with Crippen molar-refractivity contribution in [2.45, 2.75) is 71.4 Å². The maximum Gasteiger partial charge on any atom is 0.130 e. The number of aryl methyl sites for hydroxylation is 4. The lowest BCUT2D eigenvalue weighted by molar-refractivity contribution is 0.258. The number of allylic oxidation sites excluding steroid dienone is 4. The SMILES string of the molecule is CCCc1cc(CCc2ccc(C)cc2)cc(C(C)C2=CCC(C)(F)C=C2)c1. The molecule has 1 heteroatoms. The fourth-order valence-corrected chi connectivity index (χ4v) is 3.90. The lowest BCUT2D eigenvalue weighted by Gasteiger charge is -2.23. The van der Waals surface area contributed by atoms with Gasteiger partial charge in [0.25, 0.3) is 0 Å². The zero-order chi connectivity index (χ0) is 20.1. The van der Waals surface area contributed by atoms with Crippen LogP contribution >= 0.6 is 0 Å². The minimum atomic E-state index is -1.20. The van der Waals surface area contributed by atoms with Crippen LogP contribution in [0.4, 0.5) is 4.39 Å². The first-order valence-corrected chi connectivity index (χ1v) is 10.6. The average Bonchev–Trinajstić information content (AvgIpc) is 2.67. The van der Waals surface area contributed by atoms with Gasteiger partial charge < -0.3 is 0 Å². The molecule has 0 bridgehead atoms. The number of hydrogen-bond donors (Lipinski definition) is 0. The highest BCUT2D eigenvalue weighted by atomic mass is 19.1. The van der Waals surface area contributed by atoms with E-state index in [-0.39, 0.29) is 0 Å². The third-order valence-corrected chi connectivity index (χ3v) is 5.80. The third kappa shape index (κ3) is 5.44. The average molecular weight is 377 g/mol. The summed E-state index contributed by atoms with van der Waals surface area (Å²) in [6, 6.07) is 15.9. The molecule has 2 atom stereocenters. The normalized spacial score (nSPS) is 20.1. The molecule has 0 nitrogen and oxygen atoms in total. The van der Waals surface area contributed by atoms with Crippen LogP contribution in [-0.4, -0.2) is 5.67 Å². The van der Waals surface area contributed by atoms with Crippen LogP contribution in [0.5, 0.6) is 0 Å². The van der Waals surface area contributed by atoms with Gasteiger partial charge in [0.2, 0.25) is 0 Å². The van der Waals surface area contributed by atoms with Crippen LogP contribution < -0.4 is 0 Å². The molecule has 1 aliphatic carbocycles. The largest absolute Gasteiger partial charge is 0.239 e. The monoisotopic (exact) mass is 376 g/mol. The summed E-state index contributed by atoms with van der Waals surface area (Å²) in [5, 5.41) is 0. The molecule has 0 spiro atoms. The Bertz CT molecular complexity index is 852. The number of rotatable bonds is 7. The zero-order valence-corrected chi connectivity index (χ0v) is 17.8. The highest BCUT2D eigenvalue weighted by Gasteiger charge is 2.23. The van der Waals surface area contributed by atoms with Crippen molar-refractivity contribution < 1.29 is 4.39 Å². The Morgan fingerprint density at radius 1 is 0.964 bits per heavy atom. The lowest BCUT2D eigenvalue weighted by atomic mass is 9.84. The fourth-order valence-electron chi connectivity index (χ4n) is 3.90. The molecular formula is C27H33F. The second kappa shape index (κ2) is 8.90. The van der Waals surface area contributed by atoms with Crippen LogP contribution in [-0.2, 0) is 19.3 Å². The summed E-state index contributed by atoms with van der Waals surface area (Å²) in [6.45, 7) is 8.25. The van der Waals surface area contributed by atoms with Crippen molar-refractivity contribution in [3.8, 4) is 0 Å². The van der Waals surface area contributed by atoms with Crippen molar-refractivity contribution in [2.75, 3.05) is 0 Å². The van der Waals surface area contributed by atoms with E-state index in [1.807, 2.05) is 6.08 Å². The molecule has 0 heterocycles. The van der Waals surface area contributed by atoms with E-state index in [4.69, 9.17) is 0 Å². The van der Waals surface area contributed by atoms with E-state index in [1.165, 1.54) is 33.4 Å². The first kappa shape index (κ1) is 20.6. The van der Waals surface area contributed by atoms with Crippen molar-refractivity contribution in [1.82, 2.24) is 0 Å². The van der Waals surface area contributed by atoms with Crippen LogP contribution in [0.1, 0.15) is 67.3 Å². The van der Waals surface area contributed by atoms with Gasteiger partial charge in [-0.2, -0.15) is 0 Å². The van der Waals surface area contributed by atoms with Crippen LogP contribution in [0.15, 0.2) is 66.3 Å². The lowest BCUT2D eigenvalue weighted by Crippen LogP contribution is -2.16. The summed E-state index contributed by atoms with van der Waals surface area (Å²) < 4.78 is 14.1. The molecule has 0 saturated heterocycles. The highest BCUT2D eigenvalue weighted by Crippen LogP contribution is 2.33. The predicted molar refractivity (Wildman–Crippen MR) is 119 cm³/mol. The van der Waals surface area contributed by atoms with Gasteiger partial charge in [0.1, 0.15) is 5.67 Å². The summed E-state index contributed by atoms with van der Waals surface area (Å²) in [6.07, 6.45) is 10.6. The standard InChI is InChI=1S/C27H33F/c1-5-6-23-17-24(12-11-22-9-7-20(2)8-10-22)19-26(18-23)21(3)25-13-15-27(4,28)16-14-25/h7-10,13-15,17-19,21H,5-6,11-12,16H2,1-4H3. The summed E-state index contributed by atoms with van der Waals surface area (Å²) in [4.78, 5) is 0. The molecule has 28 heavy (non-hydrogen) atoms. The third-order valence-electron chi connectivity index (χ3n) is 5.80. The van der Waals surface area contributed by atoms with Gasteiger partial charge >= 0.3 is 0 Å².